The first kappa shape index (κ1) is 13.3. The smallest absolute Gasteiger partial charge is 0.0708 e. The van der Waals surface area contributed by atoms with Crippen LogP contribution >= 0.6 is 0 Å². The van der Waals surface area contributed by atoms with Crippen LogP contribution in [0, 0.1) is 6.92 Å². The normalized spacial score (nSPS) is 10.3. The molecule has 0 atom stereocenters. The molecule has 1 heterocycles. The minimum Gasteiger partial charge on any atom is -0.256 e. The molecule has 0 spiro atoms. The van der Waals surface area contributed by atoms with Crippen LogP contribution in [0.25, 0.3) is 28.5 Å². The number of hydrogen-bond acceptors (Lipinski definition) is 1. The van der Waals surface area contributed by atoms with Crippen molar-refractivity contribution >= 4 is 6.08 Å². The van der Waals surface area contributed by atoms with Crippen molar-refractivity contribution in [3.63, 3.8) is 0 Å². The molecule has 0 bridgehead atoms. The van der Waals surface area contributed by atoms with Crippen LogP contribution in [-0.4, -0.2) is 4.98 Å². The van der Waals surface area contributed by atoms with E-state index in [1.54, 1.807) is 0 Å². The molecule has 1 heteroatoms. The molecule has 1 nitrogen and oxygen atoms in total. The molecule has 0 saturated heterocycles. The van der Waals surface area contributed by atoms with Gasteiger partial charge in [0.1, 0.15) is 0 Å². The molecule has 0 amide bonds. The molecular formula is C20H17N. The Labute approximate surface area is 125 Å². The highest BCUT2D eigenvalue weighted by Gasteiger charge is 2.07. The summed E-state index contributed by atoms with van der Waals surface area (Å²) < 4.78 is 0. The summed E-state index contributed by atoms with van der Waals surface area (Å²) in [6.07, 6.45) is 3.78. The van der Waals surface area contributed by atoms with Crippen LogP contribution in [0.15, 0.2) is 73.4 Å². The Morgan fingerprint density at radius 1 is 0.905 bits per heavy atom. The van der Waals surface area contributed by atoms with Crippen LogP contribution in [-0.2, 0) is 0 Å². The van der Waals surface area contributed by atoms with E-state index in [0.717, 1.165) is 22.4 Å². The molecule has 1 aromatic heterocycles. The molecule has 3 rings (SSSR count). The molecule has 0 fully saturated rings. The molecular weight excluding hydrogens is 254 g/mol. The molecule has 3 aromatic rings. The summed E-state index contributed by atoms with van der Waals surface area (Å²) in [4.78, 5) is 4.54. The number of nitrogens with zero attached hydrogens (tertiary/aromatic N) is 1. The topological polar surface area (TPSA) is 12.9 Å². The van der Waals surface area contributed by atoms with Gasteiger partial charge in [-0.3, -0.25) is 4.98 Å². The van der Waals surface area contributed by atoms with Crippen molar-refractivity contribution in [2.24, 2.45) is 0 Å². The van der Waals surface area contributed by atoms with Crippen molar-refractivity contribution in [3.05, 3.63) is 84.6 Å². The summed E-state index contributed by atoms with van der Waals surface area (Å²) in [6.45, 7) is 5.96. The molecule has 0 N–H and O–H groups in total. The van der Waals surface area contributed by atoms with Crippen molar-refractivity contribution in [3.8, 4) is 22.4 Å². The Bertz CT molecular complexity index is 756. The lowest BCUT2D eigenvalue weighted by atomic mass is 9.97. The van der Waals surface area contributed by atoms with E-state index in [9.17, 15) is 0 Å². The van der Waals surface area contributed by atoms with Crippen molar-refractivity contribution in [1.82, 2.24) is 4.98 Å². The maximum absolute atomic E-state index is 4.54. The third-order valence-electron chi connectivity index (χ3n) is 3.57. The maximum Gasteiger partial charge on any atom is 0.0708 e. The molecule has 0 radical (unpaired) electrons. The highest BCUT2D eigenvalue weighted by atomic mass is 14.7. The first-order valence-electron chi connectivity index (χ1n) is 7.03. The second kappa shape index (κ2) is 5.76. The fraction of sp³-hybridized carbons (Fsp3) is 0.0500. The van der Waals surface area contributed by atoms with E-state index >= 15 is 0 Å². The lowest BCUT2D eigenvalue weighted by Crippen LogP contribution is -1.89. The van der Waals surface area contributed by atoms with Crippen molar-refractivity contribution < 1.29 is 0 Å². The summed E-state index contributed by atoms with van der Waals surface area (Å²) in [6, 6.07) is 21.0. The van der Waals surface area contributed by atoms with Crippen LogP contribution in [0.4, 0.5) is 0 Å². The number of rotatable bonds is 3. The van der Waals surface area contributed by atoms with Gasteiger partial charge < -0.3 is 0 Å². The van der Waals surface area contributed by atoms with Gasteiger partial charge in [-0.05, 0) is 41.3 Å². The molecule has 21 heavy (non-hydrogen) atoms. The van der Waals surface area contributed by atoms with Gasteiger partial charge in [-0.15, -0.1) is 0 Å². The molecule has 0 aliphatic rings. The Morgan fingerprint density at radius 3 is 2.38 bits per heavy atom. The highest BCUT2D eigenvalue weighted by Crippen LogP contribution is 2.29. The maximum atomic E-state index is 4.54. The first-order valence-corrected chi connectivity index (χ1v) is 7.03. The van der Waals surface area contributed by atoms with Gasteiger partial charge in [0.15, 0.2) is 0 Å². The molecule has 0 aliphatic heterocycles. The predicted octanol–water partition coefficient (Wildman–Crippen LogP) is 5.37. The van der Waals surface area contributed by atoms with E-state index in [4.69, 9.17) is 0 Å². The lowest BCUT2D eigenvalue weighted by molar-refractivity contribution is 1.27. The molecule has 0 unspecified atom stereocenters. The number of aromatic nitrogens is 1. The highest BCUT2D eigenvalue weighted by molar-refractivity contribution is 5.78. The first-order chi connectivity index (χ1) is 10.3. The second-order valence-electron chi connectivity index (χ2n) is 5.09. The summed E-state index contributed by atoms with van der Waals surface area (Å²) >= 11 is 0. The van der Waals surface area contributed by atoms with Crippen molar-refractivity contribution in [2.75, 3.05) is 0 Å². The quantitative estimate of drug-likeness (QED) is 0.624. The van der Waals surface area contributed by atoms with Gasteiger partial charge >= 0.3 is 0 Å². The van der Waals surface area contributed by atoms with Crippen molar-refractivity contribution in [2.45, 2.75) is 6.92 Å². The third-order valence-corrected chi connectivity index (χ3v) is 3.57. The Balaban J connectivity index is 2.14. The van der Waals surface area contributed by atoms with Gasteiger partial charge in [0.05, 0.1) is 5.69 Å². The summed E-state index contributed by atoms with van der Waals surface area (Å²) in [5.41, 5.74) is 6.77. The third kappa shape index (κ3) is 2.77. The Kier molecular flexibility index (Phi) is 3.65. The van der Waals surface area contributed by atoms with E-state index in [2.05, 4.69) is 66.2 Å². The summed E-state index contributed by atoms with van der Waals surface area (Å²) in [5, 5.41) is 0. The molecule has 102 valence electrons. The fourth-order valence-electron chi connectivity index (χ4n) is 2.39. The summed E-state index contributed by atoms with van der Waals surface area (Å²) in [7, 11) is 0. The standard InChI is InChI=1S/C20H17N/c1-3-16-10-11-18(17-7-5-4-6-8-17)13-19(16)20-12-9-15(2)14-21-20/h3-14H,1H2,2H3. The van der Waals surface area contributed by atoms with Gasteiger partial charge in [0.25, 0.3) is 0 Å². The number of hydrogen-bond donors (Lipinski definition) is 0. The van der Waals surface area contributed by atoms with Crippen LogP contribution in [0.5, 0.6) is 0 Å². The number of benzene rings is 2. The summed E-state index contributed by atoms with van der Waals surface area (Å²) in [5.74, 6) is 0. The van der Waals surface area contributed by atoms with E-state index in [1.807, 2.05) is 25.3 Å². The minimum atomic E-state index is 0.980. The number of pyridine rings is 1. The lowest BCUT2D eigenvalue weighted by Gasteiger charge is -2.09. The SMILES string of the molecule is C=Cc1ccc(-c2ccccc2)cc1-c1ccc(C)cn1. The van der Waals surface area contributed by atoms with Crippen LogP contribution in [0.2, 0.25) is 0 Å². The van der Waals surface area contributed by atoms with E-state index < -0.39 is 0 Å². The largest absolute Gasteiger partial charge is 0.256 e. The van der Waals surface area contributed by atoms with Gasteiger partial charge in [0, 0.05) is 11.8 Å². The average molecular weight is 271 g/mol. The second-order valence-corrected chi connectivity index (χ2v) is 5.09. The van der Waals surface area contributed by atoms with E-state index in [-0.39, 0.29) is 0 Å². The Hall–Kier alpha value is -2.67. The van der Waals surface area contributed by atoms with Gasteiger partial charge in [0.2, 0.25) is 0 Å². The average Bonchev–Trinajstić information content (AvgIpc) is 2.56. The van der Waals surface area contributed by atoms with E-state index in [1.165, 1.54) is 11.1 Å². The van der Waals surface area contributed by atoms with Gasteiger partial charge in [-0.1, -0.05) is 61.2 Å². The fourth-order valence-corrected chi connectivity index (χ4v) is 2.39. The zero-order valence-corrected chi connectivity index (χ0v) is 12.1. The van der Waals surface area contributed by atoms with Gasteiger partial charge in [-0.25, -0.2) is 0 Å². The molecule has 0 aliphatic carbocycles. The monoisotopic (exact) mass is 271 g/mol. The molecule has 2 aromatic carbocycles. The predicted molar refractivity (Wildman–Crippen MR) is 89.9 cm³/mol. The zero-order chi connectivity index (χ0) is 14.7. The molecule has 0 saturated carbocycles. The van der Waals surface area contributed by atoms with Crippen LogP contribution < -0.4 is 0 Å². The van der Waals surface area contributed by atoms with Crippen LogP contribution in [0.3, 0.4) is 0 Å². The zero-order valence-electron chi connectivity index (χ0n) is 12.1. The Morgan fingerprint density at radius 2 is 1.71 bits per heavy atom. The van der Waals surface area contributed by atoms with Crippen LogP contribution in [0.1, 0.15) is 11.1 Å². The van der Waals surface area contributed by atoms with Crippen molar-refractivity contribution in [1.29, 1.82) is 0 Å². The van der Waals surface area contributed by atoms with Gasteiger partial charge in [-0.2, -0.15) is 0 Å². The minimum absolute atomic E-state index is 0.980. The number of aryl methyl sites for hydroxylation is 1. The van der Waals surface area contributed by atoms with E-state index in [0.29, 0.717) is 0 Å².